The Morgan fingerprint density at radius 1 is 1.19 bits per heavy atom. The molecule has 3 rings (SSSR count). The van der Waals surface area contributed by atoms with Gasteiger partial charge in [0, 0.05) is 11.3 Å². The number of rotatable bonds is 6. The van der Waals surface area contributed by atoms with E-state index in [2.05, 4.69) is 15.0 Å². The van der Waals surface area contributed by atoms with Gasteiger partial charge in [0.2, 0.25) is 5.78 Å². The van der Waals surface area contributed by atoms with Gasteiger partial charge in [-0.15, -0.1) is 0 Å². The molecule has 0 unspecified atom stereocenters. The molecule has 3 N–H and O–H groups in total. The minimum Gasteiger partial charge on any atom is -0.435 e. The number of alkyl halides is 2. The van der Waals surface area contributed by atoms with E-state index >= 15 is 0 Å². The maximum absolute atomic E-state index is 12.9. The minimum absolute atomic E-state index is 0.00444. The van der Waals surface area contributed by atoms with E-state index < -0.39 is 12.4 Å². The van der Waals surface area contributed by atoms with Crippen molar-refractivity contribution < 1.29 is 22.7 Å². The zero-order valence-corrected chi connectivity index (χ0v) is 13.9. The lowest BCUT2D eigenvalue weighted by atomic mass is 10.1. The molecule has 0 saturated carbocycles. The van der Waals surface area contributed by atoms with E-state index in [0.29, 0.717) is 10.8 Å². The molecule has 0 atom stereocenters. The number of halogens is 3. The van der Waals surface area contributed by atoms with Crippen molar-refractivity contribution in [2.75, 3.05) is 11.1 Å². The first-order valence-corrected chi connectivity index (χ1v) is 8.12. The van der Waals surface area contributed by atoms with Crippen LogP contribution in [0.4, 0.5) is 29.8 Å². The first kappa shape index (κ1) is 17.7. The van der Waals surface area contributed by atoms with Crippen LogP contribution in [0.1, 0.15) is 15.2 Å². The molecule has 0 bridgehead atoms. The second kappa shape index (κ2) is 7.44. The Morgan fingerprint density at radius 3 is 2.62 bits per heavy atom. The van der Waals surface area contributed by atoms with E-state index in [9.17, 15) is 18.0 Å². The topological polar surface area (TPSA) is 77.2 Å². The maximum Gasteiger partial charge on any atom is 0.387 e. The van der Waals surface area contributed by atoms with E-state index in [1.807, 2.05) is 0 Å². The van der Waals surface area contributed by atoms with Crippen LogP contribution < -0.4 is 15.8 Å². The summed E-state index contributed by atoms with van der Waals surface area (Å²) in [5, 5.41) is 3.27. The van der Waals surface area contributed by atoms with Crippen molar-refractivity contribution >= 4 is 33.8 Å². The van der Waals surface area contributed by atoms with Crippen molar-refractivity contribution in [3.05, 3.63) is 64.8 Å². The number of ether oxygens (including phenoxy) is 1. The van der Waals surface area contributed by atoms with Gasteiger partial charge in [0.05, 0.1) is 0 Å². The van der Waals surface area contributed by atoms with Crippen LogP contribution in [-0.2, 0) is 0 Å². The van der Waals surface area contributed by atoms with Gasteiger partial charge in [0.25, 0.3) is 0 Å². The van der Waals surface area contributed by atoms with Crippen LogP contribution >= 0.6 is 11.3 Å². The molecule has 1 heterocycles. The second-order valence-electron chi connectivity index (χ2n) is 5.10. The smallest absolute Gasteiger partial charge is 0.387 e. The SMILES string of the molecule is Nc1nc(Nc2ccc(F)cc2)sc1C(=O)c1cccc(OC(F)F)c1. The highest BCUT2D eigenvalue weighted by Gasteiger charge is 2.19. The lowest BCUT2D eigenvalue weighted by Crippen LogP contribution is -2.05. The third-order valence-corrected chi connectivity index (χ3v) is 4.26. The highest BCUT2D eigenvalue weighted by Crippen LogP contribution is 2.30. The molecule has 0 saturated heterocycles. The van der Waals surface area contributed by atoms with Crippen molar-refractivity contribution in [1.82, 2.24) is 4.98 Å². The summed E-state index contributed by atoms with van der Waals surface area (Å²) in [6.07, 6.45) is 0. The second-order valence-corrected chi connectivity index (χ2v) is 6.10. The predicted octanol–water partition coefficient (Wildman–Crippen LogP) is 4.44. The van der Waals surface area contributed by atoms with Gasteiger partial charge in [-0.2, -0.15) is 8.78 Å². The summed E-state index contributed by atoms with van der Waals surface area (Å²) in [6, 6.07) is 11.0. The summed E-state index contributed by atoms with van der Waals surface area (Å²) >= 11 is 1.00. The van der Waals surface area contributed by atoms with Crippen molar-refractivity contribution in [3.8, 4) is 5.75 Å². The molecular weight excluding hydrogens is 367 g/mol. The van der Waals surface area contributed by atoms with Gasteiger partial charge in [-0.25, -0.2) is 9.37 Å². The Bertz CT molecular complexity index is 929. The Hall–Kier alpha value is -3.07. The van der Waals surface area contributed by atoms with Gasteiger partial charge in [0.15, 0.2) is 5.13 Å². The first-order chi connectivity index (χ1) is 12.4. The van der Waals surface area contributed by atoms with Gasteiger partial charge in [-0.05, 0) is 36.4 Å². The number of nitrogens with zero attached hydrogens (tertiary/aromatic N) is 1. The highest BCUT2D eigenvalue weighted by atomic mass is 32.1. The van der Waals surface area contributed by atoms with Crippen molar-refractivity contribution in [3.63, 3.8) is 0 Å². The summed E-state index contributed by atoms with van der Waals surface area (Å²) in [4.78, 5) is 16.8. The van der Waals surface area contributed by atoms with E-state index in [1.165, 1.54) is 48.5 Å². The Morgan fingerprint density at radius 2 is 1.92 bits per heavy atom. The quantitative estimate of drug-likeness (QED) is 0.619. The average molecular weight is 379 g/mol. The molecule has 9 heteroatoms. The number of nitrogens with two attached hydrogens (primary N) is 1. The summed E-state index contributed by atoms with van der Waals surface area (Å²) in [7, 11) is 0. The van der Waals surface area contributed by atoms with Gasteiger partial charge < -0.3 is 15.8 Å². The van der Waals surface area contributed by atoms with Crippen LogP contribution in [0.15, 0.2) is 48.5 Å². The standard InChI is InChI=1S/C17H12F3N3O2S/c18-10-4-6-11(7-5-10)22-17-23-15(21)14(26-17)13(24)9-2-1-3-12(8-9)25-16(19)20/h1-8,16H,21H2,(H,22,23). The van der Waals surface area contributed by atoms with Crippen LogP contribution in [0.5, 0.6) is 5.75 Å². The van der Waals surface area contributed by atoms with Crippen LogP contribution in [0.2, 0.25) is 0 Å². The monoisotopic (exact) mass is 379 g/mol. The summed E-state index contributed by atoms with van der Waals surface area (Å²) < 4.78 is 41.8. The predicted molar refractivity (Wildman–Crippen MR) is 92.7 cm³/mol. The number of nitrogens with one attached hydrogen (secondary N) is 1. The highest BCUT2D eigenvalue weighted by molar-refractivity contribution is 7.18. The molecule has 0 spiro atoms. The van der Waals surface area contributed by atoms with Gasteiger partial charge in [-0.3, -0.25) is 4.79 Å². The number of ketones is 1. The minimum atomic E-state index is -2.99. The van der Waals surface area contributed by atoms with Crippen LogP contribution in [-0.4, -0.2) is 17.4 Å². The average Bonchev–Trinajstić information content (AvgIpc) is 2.96. The number of anilines is 3. The first-order valence-electron chi connectivity index (χ1n) is 7.31. The molecule has 1 aromatic heterocycles. The zero-order chi connectivity index (χ0) is 18.7. The van der Waals surface area contributed by atoms with Gasteiger partial charge in [0.1, 0.15) is 22.3 Å². The molecule has 0 aliphatic heterocycles. The molecule has 5 nitrogen and oxygen atoms in total. The third-order valence-electron chi connectivity index (χ3n) is 3.28. The number of benzene rings is 2. The number of hydrogen-bond acceptors (Lipinski definition) is 6. The lowest BCUT2D eigenvalue weighted by molar-refractivity contribution is -0.0498. The molecule has 0 fully saturated rings. The summed E-state index contributed by atoms with van der Waals surface area (Å²) in [6.45, 7) is -2.99. The largest absolute Gasteiger partial charge is 0.435 e. The maximum atomic E-state index is 12.9. The normalized spacial score (nSPS) is 10.8. The molecule has 0 radical (unpaired) electrons. The van der Waals surface area contributed by atoms with Gasteiger partial charge >= 0.3 is 6.61 Å². The lowest BCUT2D eigenvalue weighted by Gasteiger charge is -2.05. The number of carbonyl (C=O) groups is 1. The molecule has 26 heavy (non-hydrogen) atoms. The molecule has 134 valence electrons. The molecule has 0 amide bonds. The fourth-order valence-corrected chi connectivity index (χ4v) is 3.02. The fraction of sp³-hybridized carbons (Fsp3) is 0.0588. The van der Waals surface area contributed by atoms with E-state index in [0.717, 1.165) is 11.3 Å². The van der Waals surface area contributed by atoms with E-state index in [1.54, 1.807) is 0 Å². The molecule has 0 aliphatic rings. The van der Waals surface area contributed by atoms with E-state index in [4.69, 9.17) is 5.73 Å². The molecule has 3 aromatic rings. The fourth-order valence-electron chi connectivity index (χ4n) is 2.15. The number of nitrogen functional groups attached to an aromatic ring is 1. The van der Waals surface area contributed by atoms with Crippen molar-refractivity contribution in [1.29, 1.82) is 0 Å². The molecule has 2 aromatic carbocycles. The van der Waals surface area contributed by atoms with Crippen LogP contribution in [0.3, 0.4) is 0 Å². The van der Waals surface area contributed by atoms with E-state index in [-0.39, 0.29) is 27.8 Å². The molecule has 0 aliphatic carbocycles. The van der Waals surface area contributed by atoms with Crippen molar-refractivity contribution in [2.45, 2.75) is 6.61 Å². The Labute approximate surface area is 150 Å². The number of thiazole rings is 1. The Kier molecular flexibility index (Phi) is 5.08. The van der Waals surface area contributed by atoms with Crippen LogP contribution in [0, 0.1) is 5.82 Å². The number of hydrogen-bond donors (Lipinski definition) is 2. The summed E-state index contributed by atoms with van der Waals surface area (Å²) in [5.74, 6) is -0.966. The third kappa shape index (κ3) is 4.12. The number of aromatic nitrogens is 1. The summed E-state index contributed by atoms with van der Waals surface area (Å²) in [5.41, 5.74) is 6.52. The van der Waals surface area contributed by atoms with Crippen LogP contribution in [0.25, 0.3) is 0 Å². The zero-order valence-electron chi connectivity index (χ0n) is 13.1. The number of carbonyl (C=O) groups excluding carboxylic acids is 1. The van der Waals surface area contributed by atoms with Crippen molar-refractivity contribution in [2.24, 2.45) is 0 Å². The molecular formula is C17H12F3N3O2S. The Balaban J connectivity index is 1.82. The van der Waals surface area contributed by atoms with Gasteiger partial charge in [-0.1, -0.05) is 23.5 Å².